The van der Waals surface area contributed by atoms with E-state index in [1.54, 1.807) is 0 Å². The van der Waals surface area contributed by atoms with Gasteiger partial charge in [0.2, 0.25) is 6.71 Å². The highest BCUT2D eigenvalue weighted by atomic mass is 32.1. The fourth-order valence-electron chi connectivity index (χ4n) is 7.03. The van der Waals surface area contributed by atoms with Gasteiger partial charge in [-0.05, 0) is 75.0 Å². The summed E-state index contributed by atoms with van der Waals surface area (Å²) in [5.74, 6) is 0. The minimum atomic E-state index is 0.157. The molecule has 0 saturated carbocycles. The van der Waals surface area contributed by atoms with Gasteiger partial charge in [-0.1, -0.05) is 135 Å². The SMILES string of the molecule is Cc1cc(C)c(B(c2ccsc2-c2sccc2N(Cc2ccccc2)Cc2ccccc2)c2c(C)cc(C)cc2C)c(C)c1. The lowest BCUT2D eigenvalue weighted by molar-refractivity contribution is 0.803. The third-order valence-electron chi connectivity index (χ3n) is 8.68. The Morgan fingerprint density at radius 2 is 0.955 bits per heavy atom. The second-order valence-corrected chi connectivity index (χ2v) is 14.1. The third-order valence-corrected chi connectivity index (χ3v) is 10.7. The third kappa shape index (κ3) is 6.20. The molecule has 0 aliphatic carbocycles. The first-order valence-corrected chi connectivity index (χ1v) is 17.2. The smallest absolute Gasteiger partial charge is 0.244 e. The normalized spacial score (nSPS) is 11.1. The summed E-state index contributed by atoms with van der Waals surface area (Å²) in [6.07, 6.45) is 0. The molecule has 44 heavy (non-hydrogen) atoms. The molecule has 2 aromatic heterocycles. The molecule has 0 radical (unpaired) electrons. The average molecular weight is 610 g/mol. The van der Waals surface area contributed by atoms with Gasteiger partial charge in [0.15, 0.2) is 0 Å². The van der Waals surface area contributed by atoms with Crippen molar-refractivity contribution in [1.29, 1.82) is 0 Å². The van der Waals surface area contributed by atoms with Crippen LogP contribution in [0.15, 0.2) is 108 Å². The molecular formula is C40H40BNS2. The summed E-state index contributed by atoms with van der Waals surface area (Å²) >= 11 is 3.75. The Morgan fingerprint density at radius 3 is 1.43 bits per heavy atom. The molecule has 0 fully saturated rings. The summed E-state index contributed by atoms with van der Waals surface area (Å²) in [7, 11) is 0. The lowest BCUT2D eigenvalue weighted by Gasteiger charge is -2.27. The van der Waals surface area contributed by atoms with Crippen LogP contribution >= 0.6 is 22.7 Å². The summed E-state index contributed by atoms with van der Waals surface area (Å²) in [5, 5.41) is 4.58. The van der Waals surface area contributed by atoms with Crippen molar-refractivity contribution in [3.63, 3.8) is 0 Å². The largest absolute Gasteiger partial charge is 0.362 e. The zero-order chi connectivity index (χ0) is 30.8. The van der Waals surface area contributed by atoms with E-state index in [2.05, 4.69) is 154 Å². The van der Waals surface area contributed by atoms with Gasteiger partial charge in [-0.2, -0.15) is 0 Å². The van der Waals surface area contributed by atoms with E-state index >= 15 is 0 Å². The van der Waals surface area contributed by atoms with Gasteiger partial charge >= 0.3 is 0 Å². The summed E-state index contributed by atoms with van der Waals surface area (Å²) in [5.41, 5.74) is 16.3. The molecular weight excluding hydrogens is 569 g/mol. The number of benzene rings is 4. The highest BCUT2D eigenvalue weighted by Crippen LogP contribution is 2.39. The molecule has 0 spiro atoms. The van der Waals surface area contributed by atoms with Crippen LogP contribution in [0.4, 0.5) is 5.69 Å². The van der Waals surface area contributed by atoms with Gasteiger partial charge in [0.05, 0.1) is 10.6 Å². The number of hydrogen-bond donors (Lipinski definition) is 0. The number of rotatable bonds is 9. The first kappa shape index (κ1) is 30.2. The van der Waals surface area contributed by atoms with E-state index in [0.29, 0.717) is 0 Å². The number of thiophene rings is 2. The van der Waals surface area contributed by atoms with Crippen LogP contribution in [0.1, 0.15) is 44.5 Å². The summed E-state index contributed by atoms with van der Waals surface area (Å²) in [6.45, 7) is 15.5. The van der Waals surface area contributed by atoms with Gasteiger partial charge in [0.1, 0.15) is 0 Å². The van der Waals surface area contributed by atoms with Gasteiger partial charge < -0.3 is 4.90 Å². The fraction of sp³-hybridized carbons (Fsp3) is 0.200. The van der Waals surface area contributed by atoms with Crippen molar-refractivity contribution in [2.75, 3.05) is 4.90 Å². The number of hydrogen-bond acceptors (Lipinski definition) is 3. The molecule has 0 atom stereocenters. The molecule has 6 rings (SSSR count). The number of anilines is 1. The Morgan fingerprint density at radius 1 is 0.523 bits per heavy atom. The molecule has 220 valence electrons. The van der Waals surface area contributed by atoms with Crippen LogP contribution in [0, 0.1) is 41.5 Å². The average Bonchev–Trinajstić information content (AvgIpc) is 3.66. The molecule has 1 nitrogen and oxygen atoms in total. The highest BCUT2D eigenvalue weighted by Gasteiger charge is 2.32. The lowest BCUT2D eigenvalue weighted by atomic mass is 9.34. The van der Waals surface area contributed by atoms with Crippen molar-refractivity contribution < 1.29 is 0 Å². The molecule has 2 heterocycles. The fourth-order valence-corrected chi connectivity index (χ4v) is 9.08. The van der Waals surface area contributed by atoms with Crippen molar-refractivity contribution >= 4 is 51.5 Å². The molecule has 4 heteroatoms. The van der Waals surface area contributed by atoms with Crippen molar-refractivity contribution in [3.8, 4) is 9.75 Å². The molecule has 6 aromatic rings. The summed E-state index contributed by atoms with van der Waals surface area (Å²) in [4.78, 5) is 5.29. The molecule has 4 aromatic carbocycles. The highest BCUT2D eigenvalue weighted by molar-refractivity contribution is 7.23. The molecule has 0 unspecified atom stereocenters. The quantitative estimate of drug-likeness (QED) is 0.148. The summed E-state index contributed by atoms with van der Waals surface area (Å²) < 4.78 is 0. The predicted octanol–water partition coefficient (Wildman–Crippen LogP) is 9.05. The van der Waals surface area contributed by atoms with E-state index in [0.717, 1.165) is 13.1 Å². The minimum Gasteiger partial charge on any atom is -0.362 e. The molecule has 0 bridgehead atoms. The van der Waals surface area contributed by atoms with E-state index < -0.39 is 0 Å². The lowest BCUT2D eigenvalue weighted by Crippen LogP contribution is -2.56. The van der Waals surface area contributed by atoms with Crippen LogP contribution in [-0.4, -0.2) is 6.71 Å². The Balaban J connectivity index is 1.52. The van der Waals surface area contributed by atoms with Crippen LogP contribution in [0.25, 0.3) is 9.75 Å². The van der Waals surface area contributed by atoms with Crippen LogP contribution in [0.3, 0.4) is 0 Å². The van der Waals surface area contributed by atoms with Gasteiger partial charge in [-0.3, -0.25) is 0 Å². The van der Waals surface area contributed by atoms with E-state index in [9.17, 15) is 0 Å². The maximum atomic E-state index is 2.56. The first-order chi connectivity index (χ1) is 21.3. The van der Waals surface area contributed by atoms with Crippen LogP contribution in [0.2, 0.25) is 0 Å². The second-order valence-electron chi connectivity index (χ2n) is 12.2. The van der Waals surface area contributed by atoms with Crippen molar-refractivity contribution in [2.45, 2.75) is 54.6 Å². The van der Waals surface area contributed by atoms with Crippen LogP contribution < -0.4 is 21.3 Å². The van der Waals surface area contributed by atoms with E-state index in [1.165, 1.54) is 76.3 Å². The van der Waals surface area contributed by atoms with E-state index in [-0.39, 0.29) is 6.71 Å². The molecule has 0 aliphatic heterocycles. The number of aryl methyl sites for hydroxylation is 6. The van der Waals surface area contributed by atoms with Gasteiger partial charge in [-0.25, -0.2) is 0 Å². The Labute approximate surface area is 271 Å². The van der Waals surface area contributed by atoms with Gasteiger partial charge in [0, 0.05) is 18.0 Å². The van der Waals surface area contributed by atoms with Gasteiger partial charge in [-0.15, -0.1) is 22.7 Å². The zero-order valence-corrected chi connectivity index (χ0v) is 28.3. The maximum Gasteiger partial charge on any atom is 0.244 e. The second kappa shape index (κ2) is 13.0. The molecule has 0 amide bonds. The van der Waals surface area contributed by atoms with Crippen molar-refractivity contribution in [1.82, 2.24) is 0 Å². The Hall–Kier alpha value is -3.86. The van der Waals surface area contributed by atoms with E-state index in [1.807, 2.05) is 22.7 Å². The van der Waals surface area contributed by atoms with E-state index in [4.69, 9.17) is 0 Å². The standard InChI is InChI=1S/C40H40BNS2/c1-27-21-29(3)37(30(4)22-27)41(38-31(5)23-28(2)24-32(38)6)35-17-19-43-39(35)40-36(18-20-44-40)42(25-33-13-9-7-10-14-33)26-34-15-11-8-12-16-34/h7-24H,25-26H2,1-6H3. The number of nitrogens with zero attached hydrogens (tertiary/aromatic N) is 1. The topological polar surface area (TPSA) is 3.24 Å². The predicted molar refractivity (Wildman–Crippen MR) is 196 cm³/mol. The molecule has 0 saturated heterocycles. The Kier molecular flexibility index (Phi) is 8.93. The molecule has 0 N–H and O–H groups in total. The van der Waals surface area contributed by atoms with Crippen LogP contribution in [0.5, 0.6) is 0 Å². The maximum absolute atomic E-state index is 2.56. The van der Waals surface area contributed by atoms with Crippen LogP contribution in [-0.2, 0) is 13.1 Å². The Bertz CT molecular complexity index is 1740. The van der Waals surface area contributed by atoms with Gasteiger partial charge in [0.25, 0.3) is 0 Å². The minimum absolute atomic E-state index is 0.157. The zero-order valence-electron chi connectivity index (χ0n) is 26.6. The first-order valence-electron chi connectivity index (χ1n) is 15.4. The van der Waals surface area contributed by atoms with Crippen molar-refractivity contribution in [2.24, 2.45) is 0 Å². The van der Waals surface area contributed by atoms with Crippen molar-refractivity contribution in [3.05, 3.63) is 152 Å². The monoisotopic (exact) mass is 609 g/mol. The molecule has 0 aliphatic rings. The summed E-state index contributed by atoms with van der Waals surface area (Å²) in [6, 6.07) is 35.9.